The molecule has 0 bridgehead atoms. The van der Waals surface area contributed by atoms with Gasteiger partial charge in [0.15, 0.2) is 5.11 Å². The van der Waals surface area contributed by atoms with Crippen LogP contribution in [0.15, 0.2) is 24.3 Å². The second kappa shape index (κ2) is 10.2. The van der Waals surface area contributed by atoms with Gasteiger partial charge in [-0.3, -0.25) is 0 Å². The molecule has 0 amide bonds. The highest BCUT2D eigenvalue weighted by Gasteiger charge is 2.25. The number of ether oxygens (including phenoxy) is 1. The third-order valence-electron chi connectivity index (χ3n) is 4.74. The van der Waals surface area contributed by atoms with Gasteiger partial charge in [0.1, 0.15) is 5.00 Å². The topological polar surface area (TPSA) is 50.4 Å². The Kier molecular flexibility index (Phi) is 7.71. The number of esters is 1. The molecule has 0 saturated heterocycles. The van der Waals surface area contributed by atoms with Crippen LogP contribution in [0.1, 0.15) is 59.0 Å². The van der Waals surface area contributed by atoms with E-state index in [0.717, 1.165) is 41.8 Å². The molecule has 1 aliphatic carbocycles. The van der Waals surface area contributed by atoms with Crippen LogP contribution < -0.4 is 10.6 Å². The predicted octanol–water partition coefficient (Wildman–Crippen LogP) is 5.72. The summed E-state index contributed by atoms with van der Waals surface area (Å²) in [6.45, 7) is 2.78. The van der Waals surface area contributed by atoms with Crippen molar-refractivity contribution >= 4 is 51.2 Å². The lowest BCUT2D eigenvalue weighted by molar-refractivity contribution is 0.0526. The normalized spacial score (nSPS) is 13.8. The minimum Gasteiger partial charge on any atom is -0.462 e. The monoisotopic (exact) mass is 436 g/mol. The Labute approximate surface area is 180 Å². The van der Waals surface area contributed by atoms with Gasteiger partial charge in [-0.25, -0.2) is 4.79 Å². The maximum absolute atomic E-state index is 12.7. The van der Waals surface area contributed by atoms with Crippen LogP contribution in [0, 0.1) is 0 Å². The molecule has 0 spiro atoms. The molecule has 7 heteroatoms. The Morgan fingerprint density at radius 1 is 1.18 bits per heavy atom. The molecule has 0 radical (unpaired) electrons. The number of halogens is 1. The Balaban J connectivity index is 1.75. The maximum atomic E-state index is 12.7. The first-order valence-corrected chi connectivity index (χ1v) is 11.3. The molecule has 2 aromatic rings. The summed E-state index contributed by atoms with van der Waals surface area (Å²) < 4.78 is 5.34. The number of thiocarbonyl (C=S) groups is 1. The van der Waals surface area contributed by atoms with Gasteiger partial charge in [-0.1, -0.05) is 36.6 Å². The predicted molar refractivity (Wildman–Crippen MR) is 121 cm³/mol. The van der Waals surface area contributed by atoms with Gasteiger partial charge in [0.2, 0.25) is 0 Å². The Hall–Kier alpha value is -1.63. The molecule has 1 aliphatic rings. The average Bonchev–Trinajstić information content (AvgIpc) is 2.97. The molecule has 0 aliphatic heterocycles. The van der Waals surface area contributed by atoms with E-state index < -0.39 is 0 Å². The molecule has 1 aromatic carbocycles. The molecule has 1 aromatic heterocycles. The van der Waals surface area contributed by atoms with Crippen LogP contribution in [0.5, 0.6) is 0 Å². The number of carbonyl (C=O) groups excluding carboxylic acids is 1. The first kappa shape index (κ1) is 21.1. The molecular weight excluding hydrogens is 412 g/mol. The highest BCUT2D eigenvalue weighted by atomic mass is 35.5. The highest BCUT2D eigenvalue weighted by molar-refractivity contribution is 7.80. The number of benzene rings is 1. The van der Waals surface area contributed by atoms with E-state index in [2.05, 4.69) is 10.6 Å². The first-order chi connectivity index (χ1) is 13.6. The summed E-state index contributed by atoms with van der Waals surface area (Å²) in [6, 6.07) is 7.62. The quantitative estimate of drug-likeness (QED) is 0.463. The van der Waals surface area contributed by atoms with Crippen molar-refractivity contribution in [3.05, 3.63) is 50.9 Å². The molecule has 2 N–H and O–H groups in total. The van der Waals surface area contributed by atoms with Crippen LogP contribution in [-0.2, 0) is 24.1 Å². The zero-order valence-electron chi connectivity index (χ0n) is 16.0. The Morgan fingerprint density at radius 2 is 1.89 bits per heavy atom. The van der Waals surface area contributed by atoms with Crippen LogP contribution >= 0.6 is 35.2 Å². The summed E-state index contributed by atoms with van der Waals surface area (Å²) in [4.78, 5) is 13.9. The lowest BCUT2D eigenvalue weighted by atomic mass is 9.96. The van der Waals surface area contributed by atoms with E-state index in [1.807, 2.05) is 31.2 Å². The van der Waals surface area contributed by atoms with E-state index in [1.54, 1.807) is 11.3 Å². The fourth-order valence-corrected chi connectivity index (χ4v) is 5.01. The summed E-state index contributed by atoms with van der Waals surface area (Å²) in [5.41, 5.74) is 2.89. The van der Waals surface area contributed by atoms with Gasteiger partial charge >= 0.3 is 5.97 Å². The molecule has 150 valence electrons. The van der Waals surface area contributed by atoms with Crippen molar-refractivity contribution in [2.45, 2.75) is 52.0 Å². The summed E-state index contributed by atoms with van der Waals surface area (Å²) in [5, 5.41) is 8.44. The summed E-state index contributed by atoms with van der Waals surface area (Å²) in [5.74, 6) is -0.261. The van der Waals surface area contributed by atoms with E-state index in [0.29, 0.717) is 28.9 Å². The van der Waals surface area contributed by atoms with E-state index in [4.69, 9.17) is 28.6 Å². The Morgan fingerprint density at radius 3 is 2.61 bits per heavy atom. The third-order valence-corrected chi connectivity index (χ3v) is 6.45. The molecule has 0 saturated carbocycles. The van der Waals surface area contributed by atoms with Crippen molar-refractivity contribution < 1.29 is 9.53 Å². The van der Waals surface area contributed by atoms with E-state index in [-0.39, 0.29) is 5.97 Å². The smallest absolute Gasteiger partial charge is 0.341 e. The minimum absolute atomic E-state index is 0.261. The highest BCUT2D eigenvalue weighted by Crippen LogP contribution is 2.37. The largest absolute Gasteiger partial charge is 0.462 e. The number of rotatable bonds is 5. The number of thiophene rings is 1. The summed E-state index contributed by atoms with van der Waals surface area (Å²) in [6.07, 6.45) is 6.66. The standard InChI is InChI=1S/C21H25ClN2O2S2/c1-2-26-20(25)18-16-7-5-3-4-6-8-17(16)28-19(18)24-21(27)23-13-14-9-11-15(22)12-10-14/h9-12H,2-8,13H2,1H3,(H2,23,24,27). The van der Waals surface area contributed by atoms with Gasteiger partial charge in [0.05, 0.1) is 12.2 Å². The number of hydrogen-bond acceptors (Lipinski definition) is 4. The van der Waals surface area contributed by atoms with Crippen LogP contribution in [0.4, 0.5) is 5.00 Å². The number of carbonyl (C=O) groups is 1. The first-order valence-electron chi connectivity index (χ1n) is 9.69. The average molecular weight is 437 g/mol. The number of anilines is 1. The Bertz CT molecular complexity index is 834. The second-order valence-electron chi connectivity index (χ2n) is 6.78. The van der Waals surface area contributed by atoms with Crippen LogP contribution in [0.25, 0.3) is 0 Å². The number of aryl methyl sites for hydroxylation is 1. The fraction of sp³-hybridized carbons (Fsp3) is 0.429. The maximum Gasteiger partial charge on any atom is 0.341 e. The van der Waals surface area contributed by atoms with Crippen LogP contribution in [0.3, 0.4) is 0 Å². The van der Waals surface area contributed by atoms with E-state index >= 15 is 0 Å². The van der Waals surface area contributed by atoms with Crippen LogP contribution in [0.2, 0.25) is 5.02 Å². The van der Waals surface area contributed by atoms with Gasteiger partial charge in [0, 0.05) is 16.4 Å². The SMILES string of the molecule is CCOC(=O)c1c(NC(=S)NCc2ccc(Cl)cc2)sc2c1CCCCCC2. The second-order valence-corrected chi connectivity index (χ2v) is 8.73. The molecular formula is C21H25ClN2O2S2. The molecule has 0 fully saturated rings. The van der Waals surface area contributed by atoms with Gasteiger partial charge in [-0.2, -0.15) is 0 Å². The minimum atomic E-state index is -0.261. The van der Waals surface area contributed by atoms with Gasteiger partial charge < -0.3 is 15.4 Å². The van der Waals surface area contributed by atoms with Crippen molar-refractivity contribution in [3.63, 3.8) is 0 Å². The zero-order chi connectivity index (χ0) is 19.9. The van der Waals surface area contributed by atoms with E-state index in [1.165, 1.54) is 17.7 Å². The van der Waals surface area contributed by atoms with Gasteiger partial charge in [0.25, 0.3) is 0 Å². The molecule has 0 unspecified atom stereocenters. The zero-order valence-corrected chi connectivity index (χ0v) is 18.4. The fourth-order valence-electron chi connectivity index (χ4n) is 3.36. The molecule has 3 rings (SSSR count). The molecule has 0 atom stereocenters. The number of nitrogens with one attached hydrogen (secondary N) is 2. The van der Waals surface area contributed by atoms with Gasteiger partial charge in [-0.15, -0.1) is 11.3 Å². The third kappa shape index (κ3) is 5.46. The lowest BCUT2D eigenvalue weighted by Gasteiger charge is -2.12. The molecule has 4 nitrogen and oxygen atoms in total. The number of fused-ring (bicyclic) bond motifs is 1. The van der Waals surface area contributed by atoms with Gasteiger partial charge in [-0.05, 0) is 68.1 Å². The van der Waals surface area contributed by atoms with Crippen molar-refractivity contribution in [3.8, 4) is 0 Å². The molecule has 1 heterocycles. The summed E-state index contributed by atoms with van der Waals surface area (Å²) in [7, 11) is 0. The lowest BCUT2D eigenvalue weighted by Crippen LogP contribution is -2.28. The molecule has 28 heavy (non-hydrogen) atoms. The van der Waals surface area contributed by atoms with E-state index in [9.17, 15) is 4.79 Å². The summed E-state index contributed by atoms with van der Waals surface area (Å²) >= 11 is 13.0. The van der Waals surface area contributed by atoms with Crippen LogP contribution in [-0.4, -0.2) is 17.7 Å². The van der Waals surface area contributed by atoms with Crippen molar-refractivity contribution in [2.24, 2.45) is 0 Å². The van der Waals surface area contributed by atoms with Crippen molar-refractivity contribution in [2.75, 3.05) is 11.9 Å². The number of hydrogen-bond donors (Lipinski definition) is 2. The van der Waals surface area contributed by atoms with Crippen molar-refractivity contribution in [1.82, 2.24) is 5.32 Å². The van der Waals surface area contributed by atoms with Crippen molar-refractivity contribution in [1.29, 1.82) is 0 Å².